The van der Waals surface area contributed by atoms with Crippen LogP contribution in [0.2, 0.25) is 0 Å². The minimum Gasteiger partial charge on any atom is -0.368 e. The van der Waals surface area contributed by atoms with Crippen molar-refractivity contribution in [3.63, 3.8) is 0 Å². The van der Waals surface area contributed by atoms with E-state index in [1.165, 1.54) is 23.5 Å². The fraction of sp³-hybridized carbons (Fsp3) is 0.324. The summed E-state index contributed by atoms with van der Waals surface area (Å²) in [5, 5.41) is 2.63. The minimum absolute atomic E-state index is 0.229. The first-order valence-corrected chi connectivity index (χ1v) is 16.0. The maximum atomic E-state index is 16.3. The van der Waals surface area contributed by atoms with Crippen LogP contribution in [0.25, 0.3) is 38.7 Å². The number of anilines is 1. The number of aryl methyl sites for hydroxylation is 1. The van der Waals surface area contributed by atoms with Crippen LogP contribution in [0.5, 0.6) is 0 Å². The number of carbonyl (C=O) groups excluding carboxylic acids is 1. The molecular formula is C34H34F2N6OS. The van der Waals surface area contributed by atoms with Gasteiger partial charge in [0, 0.05) is 67.5 Å². The standard InChI is InChI=1S/C34H34F2N6OS/c1-3-28-33(27-11-10-26(22(2)32(27)36)34-38-29(21-44-34)23-5-7-24(35)8-6-23)42-19-25(9-12-30(42)37-28)40-17-15-39(16-18-40)20-31(43)41-13-4-14-41/h5-12,19,21H,3-4,13-18,20H2,1-2H3. The summed E-state index contributed by atoms with van der Waals surface area (Å²) in [4.78, 5) is 28.5. The van der Waals surface area contributed by atoms with Crippen molar-refractivity contribution in [1.29, 1.82) is 0 Å². The molecular weight excluding hydrogens is 578 g/mol. The summed E-state index contributed by atoms with van der Waals surface area (Å²) in [6, 6.07) is 14.1. The first-order valence-electron chi connectivity index (χ1n) is 15.2. The lowest BCUT2D eigenvalue weighted by molar-refractivity contribution is -0.135. The van der Waals surface area contributed by atoms with E-state index < -0.39 is 0 Å². The summed E-state index contributed by atoms with van der Waals surface area (Å²) in [5.74, 6) is -0.354. The summed E-state index contributed by atoms with van der Waals surface area (Å²) in [6.45, 7) is 9.38. The average molecular weight is 613 g/mol. The molecule has 7 rings (SSSR count). The van der Waals surface area contributed by atoms with Gasteiger partial charge in [0.15, 0.2) is 0 Å². The van der Waals surface area contributed by atoms with Crippen molar-refractivity contribution >= 4 is 28.6 Å². The van der Waals surface area contributed by atoms with Gasteiger partial charge in [-0.1, -0.05) is 13.0 Å². The van der Waals surface area contributed by atoms with E-state index in [1.807, 2.05) is 39.8 Å². The number of likely N-dealkylation sites (tertiary alicyclic amines) is 1. The van der Waals surface area contributed by atoms with Crippen LogP contribution >= 0.6 is 11.3 Å². The molecule has 0 bridgehead atoms. The van der Waals surface area contributed by atoms with Gasteiger partial charge in [0.1, 0.15) is 22.3 Å². The molecule has 0 aliphatic carbocycles. The molecule has 226 valence electrons. The number of hydrogen-bond acceptors (Lipinski definition) is 6. The molecule has 2 aliphatic rings. The third-order valence-electron chi connectivity index (χ3n) is 8.83. The van der Waals surface area contributed by atoms with Gasteiger partial charge in [0.2, 0.25) is 5.91 Å². The number of nitrogens with zero attached hydrogens (tertiary/aromatic N) is 6. The molecule has 0 radical (unpaired) electrons. The van der Waals surface area contributed by atoms with Gasteiger partial charge in [-0.15, -0.1) is 11.3 Å². The zero-order valence-electron chi connectivity index (χ0n) is 24.9. The Bertz CT molecular complexity index is 1840. The lowest BCUT2D eigenvalue weighted by Gasteiger charge is -2.38. The Labute approximate surface area is 259 Å². The van der Waals surface area contributed by atoms with Crippen LogP contribution in [-0.4, -0.2) is 75.9 Å². The molecule has 10 heteroatoms. The van der Waals surface area contributed by atoms with E-state index in [9.17, 15) is 9.18 Å². The molecule has 0 N–H and O–H groups in total. The van der Waals surface area contributed by atoms with E-state index in [0.29, 0.717) is 29.1 Å². The number of thiazole rings is 1. The van der Waals surface area contributed by atoms with Crippen LogP contribution in [0.4, 0.5) is 14.5 Å². The molecule has 2 aliphatic heterocycles. The van der Waals surface area contributed by atoms with E-state index in [2.05, 4.69) is 22.1 Å². The van der Waals surface area contributed by atoms with Crippen molar-refractivity contribution in [3.05, 3.63) is 83.0 Å². The highest BCUT2D eigenvalue weighted by Gasteiger charge is 2.26. The fourth-order valence-corrected chi connectivity index (χ4v) is 6.98. The molecule has 0 unspecified atom stereocenters. The Kier molecular flexibility index (Phi) is 7.63. The summed E-state index contributed by atoms with van der Waals surface area (Å²) in [7, 11) is 0. The zero-order valence-corrected chi connectivity index (χ0v) is 25.7. The van der Waals surface area contributed by atoms with Crippen molar-refractivity contribution in [2.45, 2.75) is 26.7 Å². The van der Waals surface area contributed by atoms with E-state index in [0.717, 1.165) is 85.2 Å². The minimum atomic E-state index is -0.295. The molecule has 2 fully saturated rings. The monoisotopic (exact) mass is 612 g/mol. The molecule has 2 saturated heterocycles. The first kappa shape index (κ1) is 28.6. The molecule has 1 amide bonds. The quantitative estimate of drug-likeness (QED) is 0.216. The van der Waals surface area contributed by atoms with E-state index in [4.69, 9.17) is 9.97 Å². The third-order valence-corrected chi connectivity index (χ3v) is 9.71. The molecule has 44 heavy (non-hydrogen) atoms. The van der Waals surface area contributed by atoms with Gasteiger partial charge in [0.25, 0.3) is 0 Å². The largest absolute Gasteiger partial charge is 0.368 e. The molecule has 2 aromatic carbocycles. The molecule has 5 aromatic rings. The van der Waals surface area contributed by atoms with Crippen molar-refractivity contribution in [2.24, 2.45) is 0 Å². The number of hydrogen-bond donors (Lipinski definition) is 0. The summed E-state index contributed by atoms with van der Waals surface area (Å²) < 4.78 is 31.7. The van der Waals surface area contributed by atoms with Crippen LogP contribution in [-0.2, 0) is 11.2 Å². The predicted octanol–water partition coefficient (Wildman–Crippen LogP) is 6.30. The van der Waals surface area contributed by atoms with Gasteiger partial charge in [0.05, 0.1) is 29.3 Å². The van der Waals surface area contributed by atoms with Crippen LogP contribution < -0.4 is 4.90 Å². The van der Waals surface area contributed by atoms with Gasteiger partial charge >= 0.3 is 0 Å². The number of halogens is 2. The molecule has 0 atom stereocenters. The predicted molar refractivity (Wildman–Crippen MR) is 171 cm³/mol. The Balaban J connectivity index is 1.16. The second-order valence-electron chi connectivity index (χ2n) is 11.5. The normalized spacial score (nSPS) is 15.6. The maximum absolute atomic E-state index is 16.3. The van der Waals surface area contributed by atoms with E-state index in [1.54, 1.807) is 19.1 Å². The number of carbonyl (C=O) groups is 1. The molecule has 7 nitrogen and oxygen atoms in total. The van der Waals surface area contributed by atoms with Gasteiger partial charge in [-0.3, -0.25) is 14.1 Å². The number of rotatable bonds is 7. The molecule has 3 aromatic heterocycles. The van der Waals surface area contributed by atoms with E-state index >= 15 is 4.39 Å². The Morgan fingerprint density at radius 3 is 2.36 bits per heavy atom. The number of piperazine rings is 1. The lowest BCUT2D eigenvalue weighted by Crippen LogP contribution is -2.52. The SMILES string of the molecule is CCc1nc2ccc(N3CCN(CC(=O)N4CCC4)CC3)cn2c1-c1ccc(-c2nc(-c3ccc(F)cc3)cs2)c(C)c1F. The van der Waals surface area contributed by atoms with Crippen molar-refractivity contribution in [2.75, 3.05) is 50.7 Å². The Morgan fingerprint density at radius 2 is 1.66 bits per heavy atom. The molecule has 5 heterocycles. The summed E-state index contributed by atoms with van der Waals surface area (Å²) >= 11 is 1.45. The number of pyridine rings is 1. The van der Waals surface area contributed by atoms with Crippen molar-refractivity contribution in [1.82, 2.24) is 24.2 Å². The highest BCUT2D eigenvalue weighted by molar-refractivity contribution is 7.13. The average Bonchev–Trinajstić information content (AvgIpc) is 3.63. The second-order valence-corrected chi connectivity index (χ2v) is 12.4. The summed E-state index contributed by atoms with van der Waals surface area (Å²) in [6.07, 6.45) is 3.84. The van der Waals surface area contributed by atoms with Crippen LogP contribution in [0.3, 0.4) is 0 Å². The highest BCUT2D eigenvalue weighted by atomic mass is 32.1. The number of imidazole rings is 1. The molecule has 0 saturated carbocycles. The Hall–Kier alpha value is -4.15. The van der Waals surface area contributed by atoms with Gasteiger partial charge < -0.3 is 9.80 Å². The van der Waals surface area contributed by atoms with Crippen molar-refractivity contribution in [3.8, 4) is 33.1 Å². The maximum Gasteiger partial charge on any atom is 0.236 e. The highest BCUT2D eigenvalue weighted by Crippen LogP contribution is 2.37. The molecule has 0 spiro atoms. The van der Waals surface area contributed by atoms with E-state index in [-0.39, 0.29) is 17.5 Å². The first-order chi connectivity index (χ1) is 21.4. The summed E-state index contributed by atoms with van der Waals surface area (Å²) in [5.41, 5.74) is 6.78. The van der Waals surface area contributed by atoms with Crippen molar-refractivity contribution < 1.29 is 13.6 Å². The lowest BCUT2D eigenvalue weighted by atomic mass is 10.0. The number of benzene rings is 2. The number of amides is 1. The fourth-order valence-electron chi connectivity index (χ4n) is 6.07. The zero-order chi connectivity index (χ0) is 30.4. The van der Waals surface area contributed by atoms with Crippen LogP contribution in [0, 0.1) is 18.6 Å². The van der Waals surface area contributed by atoms with Crippen LogP contribution in [0.15, 0.2) is 60.1 Å². The smallest absolute Gasteiger partial charge is 0.236 e. The topological polar surface area (TPSA) is 57.0 Å². The van der Waals surface area contributed by atoms with Crippen LogP contribution in [0.1, 0.15) is 24.6 Å². The number of aromatic nitrogens is 3. The van der Waals surface area contributed by atoms with Gasteiger partial charge in [-0.25, -0.2) is 18.7 Å². The van der Waals surface area contributed by atoms with Gasteiger partial charge in [-0.05, 0) is 67.8 Å². The van der Waals surface area contributed by atoms with Gasteiger partial charge in [-0.2, -0.15) is 0 Å². The second kappa shape index (κ2) is 11.7. The third kappa shape index (κ3) is 5.26. The number of fused-ring (bicyclic) bond motifs is 1. The Morgan fingerprint density at radius 1 is 0.909 bits per heavy atom.